The number of carbonyl (C=O) groups excluding carboxylic acids is 2. The number of H-pyrrole nitrogens is 1. The van der Waals surface area contributed by atoms with Gasteiger partial charge in [-0.25, -0.2) is 0 Å². The SMILES string of the molecule is CCC1(C)c2sc(=O)[nH]c2SC2C3CC(C4C(=O)N(CCC(=O)O)C(=O)C34)C21. The van der Waals surface area contributed by atoms with E-state index in [2.05, 4.69) is 18.8 Å². The first-order chi connectivity index (χ1) is 13.3. The van der Waals surface area contributed by atoms with Gasteiger partial charge in [0.05, 0.1) is 23.3 Å². The minimum atomic E-state index is -1.00. The van der Waals surface area contributed by atoms with Crippen LogP contribution in [0.1, 0.15) is 38.0 Å². The molecule has 2 aliphatic carbocycles. The number of thiazole rings is 1. The van der Waals surface area contributed by atoms with Gasteiger partial charge in [0.15, 0.2) is 0 Å². The van der Waals surface area contributed by atoms with E-state index in [1.807, 2.05) is 0 Å². The molecule has 28 heavy (non-hydrogen) atoms. The first-order valence-corrected chi connectivity index (χ1v) is 11.4. The first-order valence-electron chi connectivity index (χ1n) is 9.75. The van der Waals surface area contributed by atoms with Crippen molar-refractivity contribution >= 4 is 40.9 Å². The van der Waals surface area contributed by atoms with E-state index in [4.69, 9.17) is 5.11 Å². The highest BCUT2D eigenvalue weighted by Crippen LogP contribution is 2.69. The maximum Gasteiger partial charge on any atom is 0.305 e. The predicted molar refractivity (Wildman–Crippen MR) is 103 cm³/mol. The number of hydrogen-bond acceptors (Lipinski definition) is 6. The Morgan fingerprint density at radius 1 is 1.25 bits per heavy atom. The molecule has 2 bridgehead atoms. The van der Waals surface area contributed by atoms with Crippen LogP contribution in [0.4, 0.5) is 0 Å². The van der Waals surface area contributed by atoms with Crippen molar-refractivity contribution in [3.63, 3.8) is 0 Å². The Kier molecular flexibility index (Phi) is 3.91. The van der Waals surface area contributed by atoms with Crippen LogP contribution in [-0.2, 0) is 19.8 Å². The van der Waals surface area contributed by atoms with E-state index >= 15 is 0 Å². The summed E-state index contributed by atoms with van der Waals surface area (Å²) in [6, 6.07) is 0. The van der Waals surface area contributed by atoms with Gasteiger partial charge in [-0.15, -0.1) is 11.8 Å². The molecule has 1 saturated heterocycles. The van der Waals surface area contributed by atoms with Gasteiger partial charge >= 0.3 is 10.8 Å². The number of carboxylic acid groups (broad SMARTS) is 1. The van der Waals surface area contributed by atoms with Gasteiger partial charge in [-0.1, -0.05) is 25.2 Å². The molecule has 4 aliphatic rings. The second-order valence-electron chi connectivity index (χ2n) is 8.64. The van der Waals surface area contributed by atoms with E-state index in [0.717, 1.165) is 22.7 Å². The summed E-state index contributed by atoms with van der Waals surface area (Å²) in [7, 11) is 0. The quantitative estimate of drug-likeness (QED) is 0.718. The molecule has 1 aromatic heterocycles. The zero-order valence-corrected chi connectivity index (χ0v) is 17.3. The van der Waals surface area contributed by atoms with Gasteiger partial charge in [-0.3, -0.25) is 24.1 Å². The number of nitrogens with one attached hydrogen (secondary N) is 1. The summed E-state index contributed by atoms with van der Waals surface area (Å²) in [4.78, 5) is 54.2. The van der Waals surface area contributed by atoms with Gasteiger partial charge in [-0.2, -0.15) is 0 Å². The molecule has 150 valence electrons. The number of nitrogens with zero attached hydrogens (tertiary/aromatic N) is 1. The zero-order valence-electron chi connectivity index (χ0n) is 15.6. The standard InChI is InChI=1S/C19H22N2O5S2/c1-3-19(2)12-7-6-8(13(12)27-15-14(19)28-18(26)20-15)11-10(7)16(24)21(17(11)25)5-4-9(22)23/h7-8,10-13H,3-6H2,1-2H3,(H,20,26)(H,22,23). The molecule has 2 aliphatic heterocycles. The Balaban J connectivity index is 1.53. The first kappa shape index (κ1) is 18.4. The molecule has 2 N–H and O–H groups in total. The maximum atomic E-state index is 13.1. The maximum absolute atomic E-state index is 13.1. The summed E-state index contributed by atoms with van der Waals surface area (Å²) >= 11 is 2.96. The largest absolute Gasteiger partial charge is 0.481 e. The zero-order chi connectivity index (χ0) is 20.0. The highest BCUT2D eigenvalue weighted by Gasteiger charge is 2.71. The van der Waals surface area contributed by atoms with Gasteiger partial charge in [0, 0.05) is 22.1 Å². The third-order valence-corrected chi connectivity index (χ3v) is 10.4. The molecule has 7 nitrogen and oxygen atoms in total. The lowest BCUT2D eigenvalue weighted by atomic mass is 9.62. The number of carboxylic acids is 1. The van der Waals surface area contributed by atoms with Crippen LogP contribution >= 0.6 is 23.1 Å². The number of aromatic amines is 1. The van der Waals surface area contributed by atoms with Crippen molar-refractivity contribution in [2.45, 2.75) is 48.8 Å². The van der Waals surface area contributed by atoms with Crippen LogP contribution in [-0.4, -0.2) is 44.6 Å². The molecule has 3 fully saturated rings. The minimum absolute atomic E-state index is 0.0341. The monoisotopic (exact) mass is 422 g/mol. The van der Waals surface area contributed by atoms with E-state index in [1.54, 1.807) is 11.8 Å². The number of carbonyl (C=O) groups is 3. The molecule has 0 spiro atoms. The average molecular weight is 423 g/mol. The fourth-order valence-corrected chi connectivity index (χ4v) is 9.58. The molecular weight excluding hydrogens is 400 g/mol. The molecule has 2 saturated carbocycles. The Morgan fingerprint density at radius 3 is 2.57 bits per heavy atom. The Labute approximate surface area is 169 Å². The van der Waals surface area contributed by atoms with Crippen LogP contribution in [0.3, 0.4) is 0 Å². The lowest BCUT2D eigenvalue weighted by Gasteiger charge is -2.48. The van der Waals surface area contributed by atoms with Crippen molar-refractivity contribution in [3.8, 4) is 0 Å². The summed E-state index contributed by atoms with van der Waals surface area (Å²) in [5.74, 6) is -1.54. The Bertz CT molecular complexity index is 954. The predicted octanol–water partition coefficient (Wildman–Crippen LogP) is 1.92. The number of amides is 2. The fourth-order valence-electron chi connectivity index (χ4n) is 6.38. The lowest BCUT2D eigenvalue weighted by Crippen LogP contribution is -2.49. The minimum Gasteiger partial charge on any atom is -0.481 e. The second-order valence-corrected chi connectivity index (χ2v) is 10.8. The van der Waals surface area contributed by atoms with Crippen LogP contribution in [0.5, 0.6) is 0 Å². The van der Waals surface area contributed by atoms with Gasteiger partial charge < -0.3 is 10.1 Å². The highest BCUT2D eigenvalue weighted by molar-refractivity contribution is 8.00. The summed E-state index contributed by atoms with van der Waals surface area (Å²) in [5.41, 5.74) is -0.183. The number of fused-ring (bicyclic) bond motifs is 9. The van der Waals surface area contributed by atoms with Crippen molar-refractivity contribution < 1.29 is 19.5 Å². The second kappa shape index (κ2) is 5.95. The van der Waals surface area contributed by atoms with E-state index < -0.39 is 5.97 Å². The molecule has 7 unspecified atom stereocenters. The fraction of sp³-hybridized carbons (Fsp3) is 0.684. The molecule has 7 atom stereocenters. The van der Waals surface area contributed by atoms with E-state index in [0.29, 0.717) is 0 Å². The molecule has 9 heteroatoms. The van der Waals surface area contributed by atoms with Crippen molar-refractivity contribution in [1.29, 1.82) is 0 Å². The van der Waals surface area contributed by atoms with E-state index in [-0.39, 0.29) is 69.9 Å². The normalized spacial score (nSPS) is 40.6. The van der Waals surface area contributed by atoms with Crippen molar-refractivity contribution in [2.75, 3.05) is 6.54 Å². The Hall–Kier alpha value is -1.61. The summed E-state index contributed by atoms with van der Waals surface area (Å²) in [5, 5.41) is 10.1. The molecule has 5 rings (SSSR count). The number of aliphatic carboxylic acids is 1. The van der Waals surface area contributed by atoms with Gasteiger partial charge in [0.2, 0.25) is 11.8 Å². The van der Waals surface area contributed by atoms with Gasteiger partial charge in [0.25, 0.3) is 0 Å². The molecule has 0 radical (unpaired) electrons. The average Bonchev–Trinajstić information content (AvgIpc) is 3.36. The number of likely N-dealkylation sites (tertiary alicyclic amines) is 1. The van der Waals surface area contributed by atoms with Crippen LogP contribution in [0.15, 0.2) is 9.82 Å². The third-order valence-electron chi connectivity index (χ3n) is 7.60. The summed E-state index contributed by atoms with van der Waals surface area (Å²) in [6.07, 6.45) is 1.54. The van der Waals surface area contributed by atoms with E-state index in [1.165, 1.54) is 16.2 Å². The summed E-state index contributed by atoms with van der Waals surface area (Å²) < 4.78 is 0. The lowest BCUT2D eigenvalue weighted by molar-refractivity contribution is -0.142. The number of rotatable bonds is 4. The van der Waals surface area contributed by atoms with Crippen LogP contribution < -0.4 is 4.87 Å². The van der Waals surface area contributed by atoms with Crippen LogP contribution in [0, 0.1) is 29.6 Å². The number of imide groups is 1. The van der Waals surface area contributed by atoms with Crippen molar-refractivity contribution in [2.24, 2.45) is 29.6 Å². The third kappa shape index (κ3) is 2.17. The molecule has 3 heterocycles. The highest BCUT2D eigenvalue weighted by atomic mass is 32.2. The van der Waals surface area contributed by atoms with Crippen molar-refractivity contribution in [3.05, 3.63) is 14.5 Å². The van der Waals surface area contributed by atoms with Crippen molar-refractivity contribution in [1.82, 2.24) is 9.88 Å². The van der Waals surface area contributed by atoms with Gasteiger partial charge in [0.1, 0.15) is 0 Å². The molecule has 0 aromatic carbocycles. The molecule has 1 aromatic rings. The summed E-state index contributed by atoms with van der Waals surface area (Å²) in [6.45, 7) is 4.30. The Morgan fingerprint density at radius 2 is 1.93 bits per heavy atom. The van der Waals surface area contributed by atoms with Crippen LogP contribution in [0.25, 0.3) is 0 Å². The van der Waals surface area contributed by atoms with Crippen LogP contribution in [0.2, 0.25) is 0 Å². The van der Waals surface area contributed by atoms with Gasteiger partial charge in [-0.05, 0) is 30.6 Å². The van der Waals surface area contributed by atoms with E-state index in [9.17, 15) is 19.2 Å². The smallest absolute Gasteiger partial charge is 0.305 e. The molecule has 2 amide bonds. The topological polar surface area (TPSA) is 108 Å². The molecular formula is C19H22N2O5S2. The number of thioether (sulfide) groups is 1. The number of hydrogen-bond donors (Lipinski definition) is 2. The number of aromatic nitrogens is 1.